The number of nitrogens with two attached hydrogens (primary N) is 1. The first kappa shape index (κ1) is 31.9. The zero-order valence-corrected chi connectivity index (χ0v) is 26.6. The Bertz CT molecular complexity index is 1530. The number of aliphatic hydroxyl groups is 1. The summed E-state index contributed by atoms with van der Waals surface area (Å²) in [6.45, 7) is 10.2. The third-order valence-corrected chi connectivity index (χ3v) is 7.64. The van der Waals surface area contributed by atoms with Crippen molar-refractivity contribution in [3.63, 3.8) is 0 Å². The molecule has 41 heavy (non-hydrogen) atoms. The molecule has 5 aromatic rings. The fourth-order valence-corrected chi connectivity index (χ4v) is 5.67. The molecule has 0 saturated carbocycles. The van der Waals surface area contributed by atoms with Crippen LogP contribution < -0.4 is 5.73 Å². The van der Waals surface area contributed by atoms with E-state index in [0.29, 0.717) is 10.5 Å². The molecule has 4 nitrogen and oxygen atoms in total. The second kappa shape index (κ2) is 15.4. The molecule has 0 fully saturated rings. The number of carbonyl (C=O) groups is 1. The molecule has 0 aliphatic carbocycles. The van der Waals surface area contributed by atoms with Gasteiger partial charge >= 0.3 is 0 Å². The van der Waals surface area contributed by atoms with Gasteiger partial charge in [-0.2, -0.15) is 0 Å². The predicted octanol–water partition coefficient (Wildman–Crippen LogP) is 9.22. The van der Waals surface area contributed by atoms with E-state index in [9.17, 15) is 4.79 Å². The van der Waals surface area contributed by atoms with Crippen LogP contribution in [-0.2, 0) is 0 Å². The van der Waals surface area contributed by atoms with Crippen LogP contribution in [0.4, 0.5) is 5.13 Å². The van der Waals surface area contributed by atoms with Gasteiger partial charge in [0.25, 0.3) is 0 Å². The highest BCUT2D eigenvalue weighted by Gasteiger charge is 2.13. The number of rotatable bonds is 5. The van der Waals surface area contributed by atoms with Gasteiger partial charge in [-0.1, -0.05) is 101 Å². The number of thiazole rings is 1. The van der Waals surface area contributed by atoms with Crippen LogP contribution in [0.15, 0.2) is 90.3 Å². The number of anilines is 1. The Kier molecular flexibility index (Phi) is 12.0. The Morgan fingerprint density at radius 3 is 1.56 bits per heavy atom. The largest absolute Gasteiger partial charge is 0.397 e. The van der Waals surface area contributed by atoms with Gasteiger partial charge in [-0.25, -0.2) is 4.98 Å². The minimum Gasteiger partial charge on any atom is -0.397 e. The highest BCUT2D eigenvalue weighted by atomic mass is 79.9. The van der Waals surface area contributed by atoms with E-state index in [0.717, 1.165) is 27.9 Å². The maximum Gasteiger partial charge on any atom is 0.180 e. The van der Waals surface area contributed by atoms with Gasteiger partial charge in [0.1, 0.15) is 0 Å². The van der Waals surface area contributed by atoms with Crippen LogP contribution in [0.2, 0.25) is 0 Å². The molecule has 5 rings (SSSR count). The van der Waals surface area contributed by atoms with Crippen LogP contribution in [0, 0.1) is 27.7 Å². The van der Waals surface area contributed by atoms with Crippen molar-refractivity contribution in [2.24, 2.45) is 0 Å². The molecule has 3 N–H and O–H groups in total. The molecule has 0 spiro atoms. The summed E-state index contributed by atoms with van der Waals surface area (Å²) in [6.07, 6.45) is 0. The van der Waals surface area contributed by atoms with Crippen LogP contribution in [-0.4, -0.2) is 27.8 Å². The summed E-state index contributed by atoms with van der Waals surface area (Å²) in [5, 5.41) is 10.6. The number of Topliss-reactive ketones (excluding diaryl/α,β-unsaturated/α-hetero) is 1. The van der Waals surface area contributed by atoms with E-state index in [2.05, 4.69) is 95.4 Å². The summed E-state index contributed by atoms with van der Waals surface area (Å²) >= 11 is 4.72. The topological polar surface area (TPSA) is 76.2 Å². The lowest BCUT2D eigenvalue weighted by molar-refractivity contribution is 0.102. The van der Waals surface area contributed by atoms with Crippen molar-refractivity contribution < 1.29 is 9.90 Å². The molecule has 0 radical (unpaired) electrons. The molecule has 6 heteroatoms. The molecule has 0 saturated heterocycles. The molecule has 0 bridgehead atoms. The van der Waals surface area contributed by atoms with Crippen molar-refractivity contribution in [3.05, 3.63) is 118 Å². The van der Waals surface area contributed by atoms with E-state index in [1.165, 1.54) is 44.7 Å². The first-order valence-electron chi connectivity index (χ1n) is 13.4. The molecule has 0 amide bonds. The Morgan fingerprint density at radius 1 is 0.780 bits per heavy atom. The molecule has 1 aromatic heterocycles. The predicted molar refractivity (Wildman–Crippen MR) is 179 cm³/mol. The van der Waals surface area contributed by atoms with Gasteiger partial charge in [-0.3, -0.25) is 4.79 Å². The number of alkyl halides is 1. The molecular formula is C35H37BrN2O2S. The van der Waals surface area contributed by atoms with Crippen molar-refractivity contribution >= 4 is 38.2 Å². The number of nitrogen functional groups attached to an aromatic ring is 1. The van der Waals surface area contributed by atoms with Crippen LogP contribution in [0.1, 0.15) is 39.5 Å². The van der Waals surface area contributed by atoms with Gasteiger partial charge in [-0.15, -0.1) is 11.3 Å². The second-order valence-electron chi connectivity index (χ2n) is 9.65. The fourth-order valence-electron chi connectivity index (χ4n) is 4.83. The van der Waals surface area contributed by atoms with Crippen molar-refractivity contribution in [1.82, 2.24) is 4.98 Å². The van der Waals surface area contributed by atoms with Crippen molar-refractivity contribution in [2.45, 2.75) is 34.6 Å². The molecule has 212 valence electrons. The second-order valence-corrected chi connectivity index (χ2v) is 11.1. The van der Waals surface area contributed by atoms with E-state index < -0.39 is 0 Å². The maximum atomic E-state index is 11.9. The zero-order valence-electron chi connectivity index (χ0n) is 24.2. The number of ketones is 1. The molecule has 0 atom stereocenters. The lowest BCUT2D eigenvalue weighted by Crippen LogP contribution is -2.05. The van der Waals surface area contributed by atoms with Gasteiger partial charge in [0, 0.05) is 23.1 Å². The normalized spacial score (nSPS) is 10.2. The third kappa shape index (κ3) is 8.46. The number of benzene rings is 4. The van der Waals surface area contributed by atoms with Crippen molar-refractivity contribution in [1.29, 1.82) is 0 Å². The van der Waals surface area contributed by atoms with Gasteiger partial charge < -0.3 is 10.8 Å². The smallest absolute Gasteiger partial charge is 0.180 e. The number of hydrogen-bond acceptors (Lipinski definition) is 5. The first-order chi connectivity index (χ1) is 19.7. The van der Waals surface area contributed by atoms with Gasteiger partial charge in [0.05, 0.1) is 11.0 Å². The molecular weight excluding hydrogens is 592 g/mol. The summed E-state index contributed by atoms with van der Waals surface area (Å²) in [5.41, 5.74) is 18.1. The molecule has 1 heterocycles. The van der Waals surface area contributed by atoms with Crippen LogP contribution in [0.25, 0.3) is 33.5 Å². The number of aryl methyl sites for hydroxylation is 4. The third-order valence-electron chi connectivity index (χ3n) is 6.46. The maximum absolute atomic E-state index is 11.9. The number of nitrogens with zero attached hydrogens (tertiary/aromatic N) is 1. The van der Waals surface area contributed by atoms with Gasteiger partial charge in [-0.05, 0) is 79.1 Å². The Morgan fingerprint density at radius 2 is 1.20 bits per heavy atom. The Hall–Kier alpha value is -3.58. The average Bonchev–Trinajstić information content (AvgIpc) is 3.39. The zero-order chi connectivity index (χ0) is 29.9. The fraction of sp³-hybridized carbons (Fsp3) is 0.200. The summed E-state index contributed by atoms with van der Waals surface area (Å²) < 4.78 is 0. The Labute approximate surface area is 256 Å². The highest BCUT2D eigenvalue weighted by Crippen LogP contribution is 2.33. The Balaban J connectivity index is 0.000000207. The van der Waals surface area contributed by atoms with Gasteiger partial charge in [0.2, 0.25) is 0 Å². The van der Waals surface area contributed by atoms with Crippen LogP contribution >= 0.6 is 27.3 Å². The summed E-state index contributed by atoms with van der Waals surface area (Å²) in [5.74, 6) is 0.143. The monoisotopic (exact) mass is 628 g/mol. The minimum atomic E-state index is 0.143. The molecule has 0 aliphatic rings. The van der Waals surface area contributed by atoms with E-state index in [-0.39, 0.29) is 12.4 Å². The molecule has 0 unspecified atom stereocenters. The number of aromatic nitrogens is 1. The SMILES string of the molecule is CCO.Cc1cc(-c2ccccc2)cc(C)c1-c1csc(N)n1.Cc1cc(-c2ccccc2)cc(C)c1C(=O)CBr. The lowest BCUT2D eigenvalue weighted by atomic mass is 9.94. The van der Waals surface area contributed by atoms with E-state index >= 15 is 0 Å². The number of carbonyl (C=O) groups excluding carboxylic acids is 1. The number of hydrogen-bond donors (Lipinski definition) is 2. The summed E-state index contributed by atoms with van der Waals surface area (Å²) in [6, 6.07) is 29.3. The summed E-state index contributed by atoms with van der Waals surface area (Å²) in [4.78, 5) is 16.3. The highest BCUT2D eigenvalue weighted by molar-refractivity contribution is 9.09. The first-order valence-corrected chi connectivity index (χ1v) is 15.4. The molecule has 4 aromatic carbocycles. The number of aliphatic hydroxyl groups excluding tert-OH is 1. The quantitative estimate of drug-likeness (QED) is 0.150. The summed E-state index contributed by atoms with van der Waals surface area (Å²) in [7, 11) is 0. The van der Waals surface area contributed by atoms with Crippen LogP contribution in [0.3, 0.4) is 0 Å². The number of halogens is 1. The average molecular weight is 630 g/mol. The van der Waals surface area contributed by atoms with E-state index in [1.54, 1.807) is 6.92 Å². The molecule has 0 aliphatic heterocycles. The van der Waals surface area contributed by atoms with Gasteiger partial charge in [0.15, 0.2) is 10.9 Å². The van der Waals surface area contributed by atoms with Crippen molar-refractivity contribution in [3.8, 4) is 33.5 Å². The lowest BCUT2D eigenvalue weighted by Gasteiger charge is -2.11. The van der Waals surface area contributed by atoms with Crippen LogP contribution in [0.5, 0.6) is 0 Å². The minimum absolute atomic E-state index is 0.143. The van der Waals surface area contributed by atoms with E-state index in [4.69, 9.17) is 10.8 Å². The van der Waals surface area contributed by atoms with E-state index in [1.807, 2.05) is 43.5 Å². The standard InChI is InChI=1S/C17H16N2S.C16H15BrO.C2H6O/c1-11-8-14(13-6-4-3-5-7-13)9-12(2)16(11)15-10-20-17(18)19-15;1-11-8-14(13-6-4-3-5-7-13)9-12(2)16(11)15(18)10-17;1-2-3/h3-10H,1-2H3,(H2,18,19);3-9H,10H2,1-2H3;3H,2H2,1H3. The van der Waals surface area contributed by atoms with Crippen molar-refractivity contribution in [2.75, 3.05) is 17.7 Å².